The number of aromatic nitrogens is 1. The van der Waals surface area contributed by atoms with Gasteiger partial charge in [0.25, 0.3) is 0 Å². The fourth-order valence-corrected chi connectivity index (χ4v) is 8.62. The van der Waals surface area contributed by atoms with E-state index in [0.29, 0.717) is 13.0 Å². The third-order valence-corrected chi connectivity index (χ3v) is 10.2. The molecular formula is C29H30N2O4. The molecule has 9 rings (SSSR count). The lowest BCUT2D eigenvalue weighted by Crippen LogP contribution is -2.74. The van der Waals surface area contributed by atoms with E-state index in [0.717, 1.165) is 55.6 Å². The normalized spacial score (nSPS) is 33.7. The molecule has 180 valence electrons. The minimum atomic E-state index is -0.882. The molecule has 1 spiro atoms. The topological polar surface area (TPSA) is 56.1 Å². The predicted octanol–water partition coefficient (Wildman–Crippen LogP) is 3.74. The van der Waals surface area contributed by atoms with Crippen molar-refractivity contribution in [3.63, 3.8) is 0 Å². The molecule has 1 N–H and O–H groups in total. The molecule has 1 aromatic heterocycles. The number of piperidine rings is 1. The summed E-state index contributed by atoms with van der Waals surface area (Å²) in [6, 6.07) is 10.8. The molecule has 2 aromatic carbocycles. The van der Waals surface area contributed by atoms with Crippen molar-refractivity contribution in [3.8, 4) is 17.2 Å². The van der Waals surface area contributed by atoms with E-state index < -0.39 is 11.0 Å². The van der Waals surface area contributed by atoms with Crippen molar-refractivity contribution in [3.05, 3.63) is 52.7 Å². The SMILES string of the molecule is COc1ccc2c3c1O[C@H]1c4c(c5cccc6c5n4CCO6)C[C@@]4(O)[C@@H](C2)N(CC2CC2)CC[C@]314. The largest absolute Gasteiger partial charge is 0.493 e. The molecule has 35 heavy (non-hydrogen) atoms. The Morgan fingerprint density at radius 3 is 2.94 bits per heavy atom. The summed E-state index contributed by atoms with van der Waals surface area (Å²) < 4.78 is 21.3. The first-order chi connectivity index (χ1) is 17.1. The lowest BCUT2D eigenvalue weighted by atomic mass is 9.49. The Hall–Kier alpha value is -2.70. The fraction of sp³-hybridized carbons (Fsp3) is 0.517. The Labute approximate surface area is 204 Å². The molecule has 1 saturated carbocycles. The second-order valence-corrected chi connectivity index (χ2v) is 11.6. The lowest BCUT2D eigenvalue weighted by molar-refractivity contribution is -0.173. The number of rotatable bonds is 3. The fourth-order valence-electron chi connectivity index (χ4n) is 8.62. The molecule has 4 heterocycles. The van der Waals surface area contributed by atoms with Gasteiger partial charge in [0.2, 0.25) is 0 Å². The van der Waals surface area contributed by atoms with Crippen LogP contribution < -0.4 is 14.2 Å². The summed E-state index contributed by atoms with van der Waals surface area (Å²) in [7, 11) is 1.72. The third-order valence-electron chi connectivity index (χ3n) is 10.2. The molecule has 0 radical (unpaired) electrons. The summed E-state index contributed by atoms with van der Waals surface area (Å²) in [6.45, 7) is 3.61. The maximum Gasteiger partial charge on any atom is 0.166 e. The van der Waals surface area contributed by atoms with Crippen LogP contribution in [-0.2, 0) is 24.8 Å². The monoisotopic (exact) mass is 470 g/mol. The van der Waals surface area contributed by atoms with Gasteiger partial charge in [-0.25, -0.2) is 0 Å². The van der Waals surface area contributed by atoms with E-state index in [1.165, 1.54) is 46.1 Å². The highest BCUT2D eigenvalue weighted by atomic mass is 16.5. The third kappa shape index (κ3) is 2.09. The summed E-state index contributed by atoms with van der Waals surface area (Å²) >= 11 is 0. The van der Waals surface area contributed by atoms with E-state index in [4.69, 9.17) is 14.2 Å². The zero-order valence-corrected chi connectivity index (χ0v) is 20.0. The van der Waals surface area contributed by atoms with Crippen molar-refractivity contribution in [2.75, 3.05) is 26.8 Å². The van der Waals surface area contributed by atoms with E-state index in [9.17, 15) is 5.11 Å². The van der Waals surface area contributed by atoms with Gasteiger partial charge in [-0.15, -0.1) is 0 Å². The molecule has 6 nitrogen and oxygen atoms in total. The standard InChI is InChI=1S/C29H30N2O4/c1-33-21-8-7-17-13-22-29(32)14-19-18-3-2-4-20-24(18)31(11-12-34-20)25(19)27-28(29,23(17)26(21)35-27)9-10-30(22)15-16-5-6-16/h2-4,7-8,16,22,27,32H,5-6,9-15H2,1H3/t22-,27+,28+,29-/m1/s1. The number of aliphatic hydroxyl groups is 1. The molecule has 0 amide bonds. The van der Waals surface area contributed by atoms with E-state index >= 15 is 0 Å². The van der Waals surface area contributed by atoms with Crippen LogP contribution in [-0.4, -0.2) is 53.0 Å². The average Bonchev–Trinajstić information content (AvgIpc) is 3.54. The van der Waals surface area contributed by atoms with Gasteiger partial charge >= 0.3 is 0 Å². The molecule has 1 saturated heterocycles. The van der Waals surface area contributed by atoms with Crippen molar-refractivity contribution in [1.82, 2.24) is 9.47 Å². The van der Waals surface area contributed by atoms with Crippen LogP contribution in [0, 0.1) is 5.92 Å². The van der Waals surface area contributed by atoms with Gasteiger partial charge in [0.1, 0.15) is 12.4 Å². The van der Waals surface area contributed by atoms with Crippen LogP contribution in [0.5, 0.6) is 17.2 Å². The van der Waals surface area contributed by atoms with Gasteiger partial charge in [-0.1, -0.05) is 18.2 Å². The van der Waals surface area contributed by atoms with Gasteiger partial charge in [0, 0.05) is 30.0 Å². The Kier molecular flexibility index (Phi) is 3.43. The number of para-hydroxylation sites is 1. The Bertz CT molecular complexity index is 1440. The van der Waals surface area contributed by atoms with Crippen molar-refractivity contribution in [2.45, 2.75) is 61.8 Å². The first kappa shape index (κ1) is 19.5. The second kappa shape index (κ2) is 6.16. The van der Waals surface area contributed by atoms with Crippen LogP contribution in [0.3, 0.4) is 0 Å². The molecule has 4 atom stereocenters. The number of methoxy groups -OCH3 is 1. The van der Waals surface area contributed by atoms with Crippen LogP contribution in [0.1, 0.15) is 47.8 Å². The maximum absolute atomic E-state index is 13.0. The van der Waals surface area contributed by atoms with E-state index in [-0.39, 0.29) is 12.1 Å². The predicted molar refractivity (Wildman–Crippen MR) is 131 cm³/mol. The molecule has 0 unspecified atom stereocenters. The summed E-state index contributed by atoms with van der Waals surface area (Å²) in [6.07, 6.45) is 4.89. The number of hydrogen-bond acceptors (Lipinski definition) is 5. The van der Waals surface area contributed by atoms with Crippen molar-refractivity contribution >= 4 is 10.9 Å². The van der Waals surface area contributed by atoms with Gasteiger partial charge in [-0.05, 0) is 61.4 Å². The van der Waals surface area contributed by atoms with Crippen LogP contribution >= 0.6 is 0 Å². The highest BCUT2D eigenvalue weighted by molar-refractivity contribution is 5.92. The zero-order valence-electron chi connectivity index (χ0n) is 20.0. The second-order valence-electron chi connectivity index (χ2n) is 11.6. The smallest absolute Gasteiger partial charge is 0.166 e. The number of nitrogens with zero attached hydrogens (tertiary/aromatic N) is 2. The van der Waals surface area contributed by atoms with E-state index in [1.54, 1.807) is 7.11 Å². The van der Waals surface area contributed by atoms with Crippen LogP contribution in [0.4, 0.5) is 0 Å². The number of hydrogen-bond donors (Lipinski definition) is 1. The molecular weight excluding hydrogens is 440 g/mol. The zero-order chi connectivity index (χ0) is 23.1. The molecule has 6 heteroatoms. The van der Waals surface area contributed by atoms with Gasteiger partial charge in [0.15, 0.2) is 17.6 Å². The van der Waals surface area contributed by atoms with Crippen molar-refractivity contribution < 1.29 is 19.3 Å². The minimum absolute atomic E-state index is 0.103. The lowest BCUT2D eigenvalue weighted by Gasteiger charge is -2.63. The summed E-state index contributed by atoms with van der Waals surface area (Å²) in [4.78, 5) is 2.63. The Balaban J connectivity index is 1.36. The molecule has 6 aliphatic rings. The molecule has 2 fully saturated rings. The molecule has 3 aromatic rings. The minimum Gasteiger partial charge on any atom is -0.493 e. The van der Waals surface area contributed by atoms with Crippen molar-refractivity contribution in [1.29, 1.82) is 0 Å². The highest BCUT2D eigenvalue weighted by Crippen LogP contribution is 2.69. The number of benzene rings is 2. The quantitative estimate of drug-likeness (QED) is 0.632. The van der Waals surface area contributed by atoms with Gasteiger partial charge in [-0.3, -0.25) is 4.90 Å². The molecule has 2 bridgehead atoms. The number of fused-ring (bicyclic) bond motifs is 4. The van der Waals surface area contributed by atoms with E-state index in [1.807, 2.05) is 0 Å². The van der Waals surface area contributed by atoms with E-state index in [2.05, 4.69) is 39.8 Å². The average molecular weight is 471 g/mol. The van der Waals surface area contributed by atoms with Gasteiger partial charge in [-0.2, -0.15) is 0 Å². The maximum atomic E-state index is 13.0. The Morgan fingerprint density at radius 2 is 2.09 bits per heavy atom. The number of likely N-dealkylation sites (tertiary alicyclic amines) is 1. The van der Waals surface area contributed by atoms with Gasteiger partial charge in [0.05, 0.1) is 35.9 Å². The molecule has 3 aliphatic heterocycles. The summed E-state index contributed by atoms with van der Waals surface area (Å²) in [5.74, 6) is 3.39. The van der Waals surface area contributed by atoms with Crippen molar-refractivity contribution in [2.24, 2.45) is 5.92 Å². The van der Waals surface area contributed by atoms with Gasteiger partial charge < -0.3 is 23.9 Å². The van der Waals surface area contributed by atoms with Crippen LogP contribution in [0.15, 0.2) is 30.3 Å². The van der Waals surface area contributed by atoms with Crippen LogP contribution in [0.2, 0.25) is 0 Å². The summed E-state index contributed by atoms with van der Waals surface area (Å²) in [5.41, 5.74) is 4.90. The Morgan fingerprint density at radius 1 is 1.17 bits per heavy atom. The number of ether oxygens (including phenoxy) is 3. The summed E-state index contributed by atoms with van der Waals surface area (Å²) in [5, 5.41) is 14.3. The highest BCUT2D eigenvalue weighted by Gasteiger charge is 2.73. The van der Waals surface area contributed by atoms with Crippen LogP contribution in [0.25, 0.3) is 10.9 Å². The molecule has 3 aliphatic carbocycles. The first-order valence-corrected chi connectivity index (χ1v) is 13.2. The first-order valence-electron chi connectivity index (χ1n) is 13.2.